The van der Waals surface area contributed by atoms with Gasteiger partial charge in [-0.25, -0.2) is 4.79 Å². The lowest BCUT2D eigenvalue weighted by molar-refractivity contribution is -0.210. The SMILES string of the molecule is C=C1[C@H]([C@@]2(C)C=CC(=O)C(C)(C)[C@@H]2CC(=O)OC)[C@@H](OC(C)=O)[C@H](OC(C)=O)[C@@]2(C)[C@H](C3=CC(=O)O[C@H]3O)C[C@H]3O[C@@]132. The number of aliphatic hydroxyl groups excluding tert-OH is 1. The highest BCUT2D eigenvalue weighted by Gasteiger charge is 2.84. The van der Waals surface area contributed by atoms with Gasteiger partial charge in [-0.3, -0.25) is 19.2 Å². The fourth-order valence-corrected chi connectivity index (χ4v) is 8.75. The second-order valence-electron chi connectivity index (χ2n) is 13.1. The number of carbonyl (C=O) groups is 5. The molecule has 0 radical (unpaired) electrons. The van der Waals surface area contributed by atoms with E-state index in [9.17, 15) is 29.1 Å². The number of esters is 4. The molecule has 0 amide bonds. The Labute approximate surface area is 244 Å². The Balaban J connectivity index is 1.73. The van der Waals surface area contributed by atoms with Crippen LogP contribution in [0.25, 0.3) is 0 Å². The van der Waals surface area contributed by atoms with Gasteiger partial charge < -0.3 is 28.8 Å². The van der Waals surface area contributed by atoms with Gasteiger partial charge in [0.1, 0.15) is 17.8 Å². The molecule has 1 spiro atoms. The van der Waals surface area contributed by atoms with Crippen LogP contribution in [0.15, 0.2) is 36.0 Å². The molecule has 1 saturated heterocycles. The van der Waals surface area contributed by atoms with Crippen LogP contribution >= 0.6 is 0 Å². The highest BCUT2D eigenvalue weighted by molar-refractivity contribution is 5.96. The molecule has 0 unspecified atom stereocenters. The molecular formula is C31H38O11. The minimum atomic E-state index is -1.49. The first kappa shape index (κ1) is 30.2. The largest absolute Gasteiger partial charge is 0.469 e. The maximum atomic E-state index is 13.2. The summed E-state index contributed by atoms with van der Waals surface area (Å²) < 4.78 is 28.5. The van der Waals surface area contributed by atoms with E-state index in [1.807, 2.05) is 13.8 Å². The standard InChI is InChI=1S/C31H38O11/c1-14-24(29(6)10-9-20(34)28(4,5)19(29)13-22(35)38-8)25(39-15(2)32)26(40-16(3)33)30(7)18(12-21-31(14,30)42-21)17-11-23(36)41-27(17)37/h9-11,18-19,21,24-27,37H,1,12-13H2,2-8H3/t18-,19-,21+,24-,25+,26-,27+,29-,30+,31-/m0/s1. The van der Waals surface area contributed by atoms with E-state index in [1.165, 1.54) is 33.1 Å². The summed E-state index contributed by atoms with van der Waals surface area (Å²) >= 11 is 0. The lowest BCUT2D eigenvalue weighted by Crippen LogP contribution is -2.67. The second-order valence-corrected chi connectivity index (χ2v) is 13.1. The third-order valence-electron chi connectivity index (χ3n) is 10.7. The molecule has 11 nitrogen and oxygen atoms in total. The number of ketones is 1. The van der Waals surface area contributed by atoms with Gasteiger partial charge in [-0.05, 0) is 24.0 Å². The van der Waals surface area contributed by atoms with E-state index in [0.717, 1.165) is 0 Å². The van der Waals surface area contributed by atoms with Crippen LogP contribution < -0.4 is 0 Å². The summed E-state index contributed by atoms with van der Waals surface area (Å²) in [7, 11) is 1.28. The van der Waals surface area contributed by atoms with Crippen LogP contribution in [0.3, 0.4) is 0 Å². The lowest BCUT2D eigenvalue weighted by Gasteiger charge is -2.59. The van der Waals surface area contributed by atoms with Gasteiger partial charge in [-0.2, -0.15) is 0 Å². The number of carbonyl (C=O) groups excluding carboxylic acids is 5. The number of rotatable bonds is 6. The fraction of sp³-hybridized carbons (Fsp3) is 0.645. The molecule has 2 saturated carbocycles. The Hall–Kier alpha value is -3.31. The average Bonchev–Trinajstić information content (AvgIpc) is 3.44. The molecule has 2 aliphatic heterocycles. The molecule has 0 aromatic rings. The van der Waals surface area contributed by atoms with Crippen molar-refractivity contribution in [1.82, 2.24) is 0 Å². The normalized spacial score (nSPS) is 43.1. The smallest absolute Gasteiger partial charge is 0.333 e. The van der Waals surface area contributed by atoms with E-state index in [0.29, 0.717) is 17.6 Å². The molecule has 10 atom stereocenters. The summed E-state index contributed by atoms with van der Waals surface area (Å²) in [6.45, 7) is 14.2. The molecule has 3 aliphatic carbocycles. The Morgan fingerprint density at radius 1 is 1.10 bits per heavy atom. The van der Waals surface area contributed by atoms with Crippen molar-refractivity contribution >= 4 is 29.7 Å². The molecule has 0 bridgehead atoms. The van der Waals surface area contributed by atoms with Crippen LogP contribution in [0.5, 0.6) is 0 Å². The van der Waals surface area contributed by atoms with E-state index >= 15 is 0 Å². The van der Waals surface area contributed by atoms with Crippen LogP contribution in [0.2, 0.25) is 0 Å². The third-order valence-corrected chi connectivity index (χ3v) is 10.7. The first-order chi connectivity index (χ1) is 19.5. The minimum Gasteiger partial charge on any atom is -0.469 e. The van der Waals surface area contributed by atoms with E-state index in [2.05, 4.69) is 6.58 Å². The molecule has 5 rings (SSSR count). The van der Waals surface area contributed by atoms with Gasteiger partial charge in [0.15, 0.2) is 5.78 Å². The fourth-order valence-electron chi connectivity index (χ4n) is 8.75. The van der Waals surface area contributed by atoms with Crippen molar-refractivity contribution in [2.45, 2.75) is 84.6 Å². The number of aliphatic hydroxyl groups is 1. The van der Waals surface area contributed by atoms with Crippen molar-refractivity contribution in [1.29, 1.82) is 0 Å². The van der Waals surface area contributed by atoms with Gasteiger partial charge in [-0.15, -0.1) is 0 Å². The molecule has 228 valence electrons. The zero-order valence-electron chi connectivity index (χ0n) is 24.9. The summed E-state index contributed by atoms with van der Waals surface area (Å²) in [5.41, 5.74) is -3.41. The number of cyclic esters (lactones) is 1. The van der Waals surface area contributed by atoms with Gasteiger partial charge in [0.2, 0.25) is 6.29 Å². The Bertz CT molecular complexity index is 1340. The van der Waals surface area contributed by atoms with Crippen molar-refractivity contribution in [2.75, 3.05) is 7.11 Å². The molecule has 11 heteroatoms. The first-order valence-electron chi connectivity index (χ1n) is 14.1. The molecule has 1 N–H and O–H groups in total. The third kappa shape index (κ3) is 3.96. The zero-order chi connectivity index (χ0) is 31.2. The van der Waals surface area contributed by atoms with Gasteiger partial charge in [0.05, 0.1) is 25.0 Å². The van der Waals surface area contributed by atoms with Crippen LogP contribution in [0.1, 0.15) is 54.4 Å². The van der Waals surface area contributed by atoms with E-state index < -0.39 is 88.1 Å². The number of allylic oxidation sites excluding steroid dienone is 2. The maximum Gasteiger partial charge on any atom is 0.333 e. The summed E-state index contributed by atoms with van der Waals surface area (Å²) in [4.78, 5) is 63.4. The van der Waals surface area contributed by atoms with E-state index in [4.69, 9.17) is 23.7 Å². The average molecular weight is 587 g/mol. The van der Waals surface area contributed by atoms with Gasteiger partial charge >= 0.3 is 23.9 Å². The van der Waals surface area contributed by atoms with Crippen LogP contribution in [0.4, 0.5) is 0 Å². The molecule has 5 aliphatic rings. The summed E-state index contributed by atoms with van der Waals surface area (Å²) in [6.07, 6.45) is 0.538. The Morgan fingerprint density at radius 2 is 1.74 bits per heavy atom. The predicted molar refractivity (Wildman–Crippen MR) is 144 cm³/mol. The Kier molecular flexibility index (Phi) is 6.89. The molecule has 2 heterocycles. The van der Waals surface area contributed by atoms with Gasteiger partial charge in [0.25, 0.3) is 0 Å². The quantitative estimate of drug-likeness (QED) is 0.211. The summed E-state index contributed by atoms with van der Waals surface area (Å²) in [6, 6.07) is 0. The highest BCUT2D eigenvalue weighted by Crippen LogP contribution is 2.76. The second kappa shape index (κ2) is 9.60. The minimum absolute atomic E-state index is 0.111. The number of hydrogen-bond donors (Lipinski definition) is 1. The van der Waals surface area contributed by atoms with Gasteiger partial charge in [0, 0.05) is 48.2 Å². The van der Waals surface area contributed by atoms with Crippen molar-refractivity contribution in [3.05, 3.63) is 36.0 Å². The van der Waals surface area contributed by atoms with E-state index in [1.54, 1.807) is 19.9 Å². The summed E-state index contributed by atoms with van der Waals surface area (Å²) in [5, 5.41) is 10.6. The van der Waals surface area contributed by atoms with Crippen LogP contribution in [-0.2, 0) is 47.7 Å². The highest BCUT2D eigenvalue weighted by atomic mass is 16.6. The number of hydrogen-bond acceptors (Lipinski definition) is 11. The van der Waals surface area contributed by atoms with Crippen LogP contribution in [0, 0.1) is 34.0 Å². The molecule has 42 heavy (non-hydrogen) atoms. The monoisotopic (exact) mass is 586 g/mol. The van der Waals surface area contributed by atoms with Crippen molar-refractivity contribution in [3.8, 4) is 0 Å². The van der Waals surface area contributed by atoms with Crippen molar-refractivity contribution in [3.63, 3.8) is 0 Å². The topological polar surface area (TPSA) is 155 Å². The molecule has 3 fully saturated rings. The summed E-state index contributed by atoms with van der Waals surface area (Å²) in [5.74, 6) is -4.62. The number of ether oxygens (including phenoxy) is 5. The zero-order valence-corrected chi connectivity index (χ0v) is 24.9. The maximum absolute atomic E-state index is 13.2. The number of methoxy groups -OCH3 is 1. The first-order valence-corrected chi connectivity index (χ1v) is 14.1. The Morgan fingerprint density at radius 3 is 2.29 bits per heavy atom. The predicted octanol–water partition coefficient (Wildman–Crippen LogP) is 2.35. The van der Waals surface area contributed by atoms with Crippen molar-refractivity contribution < 1.29 is 52.8 Å². The van der Waals surface area contributed by atoms with E-state index in [-0.39, 0.29) is 12.2 Å². The van der Waals surface area contributed by atoms with Crippen LogP contribution in [-0.4, -0.2) is 72.1 Å². The lowest BCUT2D eigenvalue weighted by atomic mass is 9.46. The number of epoxide rings is 1. The molecule has 0 aromatic heterocycles. The molecule has 0 aromatic carbocycles. The van der Waals surface area contributed by atoms with Gasteiger partial charge in [-0.1, -0.05) is 40.3 Å². The van der Waals surface area contributed by atoms with Crippen molar-refractivity contribution in [2.24, 2.45) is 34.0 Å². The molecular weight excluding hydrogens is 548 g/mol.